The zero-order valence-electron chi connectivity index (χ0n) is 14.1. The lowest BCUT2D eigenvalue weighted by molar-refractivity contribution is -0.121. The Bertz CT molecular complexity index is 919. The maximum Gasteiger partial charge on any atom is 0.240 e. The smallest absolute Gasteiger partial charge is 0.240 e. The van der Waals surface area contributed by atoms with Gasteiger partial charge in [-0.25, -0.2) is 0 Å². The topological polar surface area (TPSA) is 62.7 Å². The lowest BCUT2D eigenvalue weighted by atomic mass is 10.1. The number of aromatic amines is 1. The molecule has 0 atom stereocenters. The van der Waals surface area contributed by atoms with E-state index < -0.39 is 0 Å². The van der Waals surface area contributed by atoms with Gasteiger partial charge in [0.15, 0.2) is 10.6 Å². The van der Waals surface area contributed by atoms with Crippen LogP contribution in [0.4, 0.5) is 0 Å². The van der Waals surface area contributed by atoms with Crippen LogP contribution < -0.4 is 5.32 Å². The predicted molar refractivity (Wildman–Crippen MR) is 106 cm³/mol. The Balaban J connectivity index is 1.57. The largest absolute Gasteiger partial charge is 0.355 e. The highest BCUT2D eigenvalue weighted by Crippen LogP contribution is 2.19. The Hall–Kier alpha value is -2.44. The van der Waals surface area contributed by atoms with Gasteiger partial charge in [-0.05, 0) is 54.9 Å². The van der Waals surface area contributed by atoms with Gasteiger partial charge in [-0.3, -0.25) is 14.5 Å². The number of aromatic nitrogens is 3. The second-order valence-electron chi connectivity index (χ2n) is 5.88. The summed E-state index contributed by atoms with van der Waals surface area (Å²) in [6, 6.07) is 17.5. The first-order valence-corrected chi connectivity index (χ1v) is 9.14. The third kappa shape index (κ3) is 4.80. The van der Waals surface area contributed by atoms with Gasteiger partial charge in [0.05, 0.1) is 0 Å². The summed E-state index contributed by atoms with van der Waals surface area (Å²) < 4.78 is 2.10. The van der Waals surface area contributed by atoms with E-state index in [9.17, 15) is 4.79 Å². The molecule has 0 saturated carbocycles. The summed E-state index contributed by atoms with van der Waals surface area (Å²) >= 11 is 11.2. The zero-order valence-corrected chi connectivity index (χ0v) is 15.7. The van der Waals surface area contributed by atoms with Crippen molar-refractivity contribution in [2.75, 3.05) is 6.54 Å². The van der Waals surface area contributed by atoms with Crippen LogP contribution in [-0.2, 0) is 17.8 Å². The summed E-state index contributed by atoms with van der Waals surface area (Å²) in [5.41, 5.74) is 2.11. The van der Waals surface area contributed by atoms with Gasteiger partial charge in [-0.1, -0.05) is 41.9 Å². The van der Waals surface area contributed by atoms with Crippen molar-refractivity contribution in [2.45, 2.75) is 19.4 Å². The predicted octanol–water partition coefficient (Wildman–Crippen LogP) is 4.01. The zero-order chi connectivity index (χ0) is 18.4. The van der Waals surface area contributed by atoms with Gasteiger partial charge in [0.1, 0.15) is 6.54 Å². The van der Waals surface area contributed by atoms with Crippen molar-refractivity contribution >= 4 is 29.7 Å². The molecule has 5 nitrogen and oxygen atoms in total. The van der Waals surface area contributed by atoms with Gasteiger partial charge < -0.3 is 5.32 Å². The maximum atomic E-state index is 12.3. The summed E-state index contributed by atoms with van der Waals surface area (Å²) in [5.74, 6) is 0.525. The average Bonchev–Trinajstić information content (AvgIpc) is 3.01. The highest BCUT2D eigenvalue weighted by molar-refractivity contribution is 7.71. The van der Waals surface area contributed by atoms with Crippen LogP contribution in [0.3, 0.4) is 0 Å². The molecule has 3 aromatic rings. The average molecular weight is 387 g/mol. The Labute approximate surface area is 162 Å². The fraction of sp³-hybridized carbons (Fsp3) is 0.211. The van der Waals surface area contributed by atoms with Crippen molar-refractivity contribution in [1.82, 2.24) is 20.1 Å². The van der Waals surface area contributed by atoms with E-state index in [4.69, 9.17) is 23.8 Å². The molecule has 0 bridgehead atoms. The molecule has 0 fully saturated rings. The first-order chi connectivity index (χ1) is 12.6. The summed E-state index contributed by atoms with van der Waals surface area (Å²) in [7, 11) is 0. The van der Waals surface area contributed by atoms with E-state index in [1.54, 1.807) is 16.7 Å². The fourth-order valence-corrected chi connectivity index (χ4v) is 2.97. The summed E-state index contributed by atoms with van der Waals surface area (Å²) in [6.07, 6.45) is 1.82. The van der Waals surface area contributed by atoms with E-state index in [1.165, 1.54) is 5.56 Å². The van der Waals surface area contributed by atoms with Crippen molar-refractivity contribution in [3.63, 3.8) is 0 Å². The quantitative estimate of drug-likeness (QED) is 0.476. The molecule has 3 rings (SSSR count). The minimum absolute atomic E-state index is 0.0919. The third-order valence-electron chi connectivity index (χ3n) is 3.97. The molecule has 0 spiro atoms. The number of nitrogens with zero attached hydrogens (tertiary/aromatic N) is 2. The van der Waals surface area contributed by atoms with Crippen LogP contribution in [0.25, 0.3) is 11.4 Å². The molecular weight excluding hydrogens is 368 g/mol. The summed E-state index contributed by atoms with van der Waals surface area (Å²) in [5, 5.41) is 10.6. The monoisotopic (exact) mass is 386 g/mol. The van der Waals surface area contributed by atoms with Crippen LogP contribution in [0.1, 0.15) is 12.0 Å². The normalized spacial score (nSPS) is 10.7. The van der Waals surface area contributed by atoms with Gasteiger partial charge in [-0.2, -0.15) is 5.10 Å². The Morgan fingerprint density at radius 2 is 1.88 bits per heavy atom. The maximum absolute atomic E-state index is 12.3. The number of carbonyl (C=O) groups excluding carboxylic acids is 1. The highest BCUT2D eigenvalue weighted by atomic mass is 35.5. The molecule has 0 aliphatic heterocycles. The van der Waals surface area contributed by atoms with Crippen molar-refractivity contribution in [1.29, 1.82) is 0 Å². The molecule has 1 heterocycles. The standard InChI is InChI=1S/C19H19ClN4OS/c20-16-10-8-15(9-11-16)18-22-23-19(26)24(18)13-17(25)21-12-4-7-14-5-2-1-3-6-14/h1-3,5-6,8-11H,4,7,12-13H2,(H,21,25)(H,23,26). The highest BCUT2D eigenvalue weighted by Gasteiger charge is 2.12. The van der Waals surface area contributed by atoms with E-state index in [0.29, 0.717) is 22.2 Å². The molecule has 1 amide bonds. The number of hydrogen-bond acceptors (Lipinski definition) is 3. The molecule has 134 valence electrons. The van der Waals surface area contributed by atoms with Gasteiger partial charge in [0.25, 0.3) is 0 Å². The lowest BCUT2D eigenvalue weighted by Crippen LogP contribution is -2.29. The SMILES string of the molecule is O=C(Cn1c(-c2ccc(Cl)cc2)n[nH]c1=S)NCCCc1ccccc1. The van der Waals surface area contributed by atoms with Gasteiger partial charge in [0.2, 0.25) is 5.91 Å². The van der Waals surface area contributed by atoms with Gasteiger partial charge in [-0.15, -0.1) is 0 Å². The molecular formula is C19H19ClN4OS. The molecule has 0 unspecified atom stereocenters. The minimum atomic E-state index is -0.0919. The van der Waals surface area contributed by atoms with Crippen molar-refractivity contribution < 1.29 is 4.79 Å². The lowest BCUT2D eigenvalue weighted by Gasteiger charge is -2.08. The van der Waals surface area contributed by atoms with E-state index in [0.717, 1.165) is 18.4 Å². The van der Waals surface area contributed by atoms with Crippen molar-refractivity contribution in [3.8, 4) is 11.4 Å². The van der Waals surface area contributed by atoms with Crippen LogP contribution in [0.15, 0.2) is 54.6 Å². The fourth-order valence-electron chi connectivity index (χ4n) is 2.65. The molecule has 26 heavy (non-hydrogen) atoms. The van der Waals surface area contributed by atoms with Crippen LogP contribution in [0, 0.1) is 4.77 Å². The molecule has 0 radical (unpaired) electrons. The van der Waals surface area contributed by atoms with E-state index in [-0.39, 0.29) is 12.5 Å². The number of nitrogens with one attached hydrogen (secondary N) is 2. The Kier molecular flexibility index (Phi) is 6.20. The second kappa shape index (κ2) is 8.78. The van der Waals surface area contributed by atoms with Gasteiger partial charge >= 0.3 is 0 Å². The first kappa shape index (κ1) is 18.4. The number of hydrogen-bond donors (Lipinski definition) is 2. The molecule has 1 aromatic heterocycles. The van der Waals surface area contributed by atoms with E-state index >= 15 is 0 Å². The summed E-state index contributed by atoms with van der Waals surface area (Å²) in [6.45, 7) is 0.744. The van der Waals surface area contributed by atoms with Gasteiger partial charge in [0, 0.05) is 17.1 Å². The van der Waals surface area contributed by atoms with Crippen LogP contribution in [-0.4, -0.2) is 27.2 Å². The molecule has 7 heteroatoms. The second-order valence-corrected chi connectivity index (χ2v) is 6.71. The van der Waals surface area contributed by atoms with E-state index in [1.807, 2.05) is 30.3 Å². The molecule has 2 N–H and O–H groups in total. The number of H-pyrrole nitrogens is 1. The van der Waals surface area contributed by atoms with Crippen LogP contribution in [0.2, 0.25) is 5.02 Å². The Morgan fingerprint density at radius 3 is 2.62 bits per heavy atom. The van der Waals surface area contributed by atoms with Crippen molar-refractivity contribution in [3.05, 3.63) is 70.0 Å². The number of benzene rings is 2. The first-order valence-electron chi connectivity index (χ1n) is 8.35. The molecule has 0 saturated heterocycles. The number of aryl methyl sites for hydroxylation is 1. The number of halogens is 1. The Morgan fingerprint density at radius 1 is 1.15 bits per heavy atom. The number of rotatable bonds is 7. The van der Waals surface area contributed by atoms with Crippen LogP contribution in [0.5, 0.6) is 0 Å². The van der Waals surface area contributed by atoms with Crippen LogP contribution >= 0.6 is 23.8 Å². The summed E-state index contributed by atoms with van der Waals surface area (Å²) in [4.78, 5) is 12.3. The molecule has 0 aliphatic rings. The third-order valence-corrected chi connectivity index (χ3v) is 4.53. The van der Waals surface area contributed by atoms with Crippen molar-refractivity contribution in [2.24, 2.45) is 0 Å². The number of amides is 1. The molecule has 0 aliphatic carbocycles. The van der Waals surface area contributed by atoms with E-state index in [2.05, 4.69) is 27.6 Å². The minimum Gasteiger partial charge on any atom is -0.355 e. The number of carbonyl (C=O) groups is 1. The molecule has 2 aromatic carbocycles.